The summed E-state index contributed by atoms with van der Waals surface area (Å²) in [6, 6.07) is 4.68. The van der Waals surface area contributed by atoms with Crippen molar-refractivity contribution in [3.8, 4) is 11.5 Å². The predicted octanol–water partition coefficient (Wildman–Crippen LogP) is 1.72. The second kappa shape index (κ2) is 12.5. The summed E-state index contributed by atoms with van der Waals surface area (Å²) in [6.07, 6.45) is 3.46. The van der Waals surface area contributed by atoms with Crippen LogP contribution in [0, 0.1) is 0 Å². The molecule has 0 radical (unpaired) electrons. The van der Waals surface area contributed by atoms with E-state index in [1.807, 2.05) is 13.8 Å². The van der Waals surface area contributed by atoms with Gasteiger partial charge in [0.25, 0.3) is 0 Å². The lowest BCUT2D eigenvalue weighted by molar-refractivity contribution is -0.122. The third kappa shape index (κ3) is 8.74. The average molecular weight is 456 g/mol. The molecule has 0 fully saturated rings. The number of ether oxygens (including phenoxy) is 2. The average Bonchev–Trinajstić information content (AvgIpc) is 2.75. The molecule has 1 atom stereocenters. The van der Waals surface area contributed by atoms with Gasteiger partial charge in [0.2, 0.25) is 21.8 Å². The second-order valence-electron chi connectivity index (χ2n) is 7.49. The van der Waals surface area contributed by atoms with Gasteiger partial charge in [-0.25, -0.2) is 13.1 Å². The van der Waals surface area contributed by atoms with E-state index >= 15 is 0 Å². The van der Waals surface area contributed by atoms with E-state index in [2.05, 4.69) is 15.4 Å². The Balaban J connectivity index is 1.58. The summed E-state index contributed by atoms with van der Waals surface area (Å²) in [5.74, 6) is 0.797. The van der Waals surface area contributed by atoms with Crippen molar-refractivity contribution in [1.29, 1.82) is 0 Å². The monoisotopic (exact) mass is 455 g/mol. The van der Waals surface area contributed by atoms with Crippen molar-refractivity contribution in [1.82, 2.24) is 15.4 Å². The number of unbranched alkanes of at least 4 members (excludes halogenated alkanes) is 2. The number of amides is 2. The molecule has 1 heterocycles. The highest BCUT2D eigenvalue weighted by atomic mass is 32.2. The Hall–Kier alpha value is -2.33. The molecule has 10 heteroatoms. The Morgan fingerprint density at radius 1 is 1.00 bits per heavy atom. The van der Waals surface area contributed by atoms with Crippen LogP contribution in [0.4, 0.5) is 0 Å². The topological polar surface area (TPSA) is 123 Å². The van der Waals surface area contributed by atoms with E-state index in [1.54, 1.807) is 6.07 Å². The highest BCUT2D eigenvalue weighted by Gasteiger charge is 2.18. The normalized spacial score (nSPS) is 14.0. The van der Waals surface area contributed by atoms with E-state index in [1.165, 1.54) is 12.1 Å². The first-order valence-electron chi connectivity index (χ1n) is 10.8. The lowest BCUT2D eigenvalue weighted by atomic mass is 10.2. The van der Waals surface area contributed by atoms with Gasteiger partial charge in [0.1, 0.15) is 13.2 Å². The van der Waals surface area contributed by atoms with Crippen molar-refractivity contribution >= 4 is 21.8 Å². The minimum atomic E-state index is -3.63. The van der Waals surface area contributed by atoms with Gasteiger partial charge in [0, 0.05) is 38.0 Å². The van der Waals surface area contributed by atoms with Crippen LogP contribution >= 0.6 is 0 Å². The largest absolute Gasteiger partial charge is 0.486 e. The molecule has 1 aromatic rings. The van der Waals surface area contributed by atoms with Crippen molar-refractivity contribution in [2.45, 2.75) is 63.3 Å². The number of benzene rings is 1. The fourth-order valence-electron chi connectivity index (χ4n) is 2.92. The third-order valence-corrected chi connectivity index (χ3v) is 6.35. The Kier molecular flexibility index (Phi) is 10.1. The maximum absolute atomic E-state index is 12.4. The molecule has 0 spiro atoms. The molecule has 1 aliphatic rings. The quantitative estimate of drug-likeness (QED) is 0.389. The number of fused-ring (bicyclic) bond motifs is 1. The SMILES string of the molecule is CCC(C)NC(=O)CCNC(=O)CCCCCNS(=O)(=O)c1ccc2c(c1)OCCO2. The van der Waals surface area contributed by atoms with Crippen LogP contribution < -0.4 is 24.8 Å². The summed E-state index contributed by atoms with van der Waals surface area (Å²) in [5, 5.41) is 5.58. The van der Waals surface area contributed by atoms with Crippen molar-refractivity contribution in [2.24, 2.45) is 0 Å². The zero-order chi connectivity index (χ0) is 22.7. The molecule has 3 N–H and O–H groups in total. The maximum Gasteiger partial charge on any atom is 0.240 e. The first-order chi connectivity index (χ1) is 14.8. The van der Waals surface area contributed by atoms with Gasteiger partial charge in [-0.3, -0.25) is 9.59 Å². The zero-order valence-corrected chi connectivity index (χ0v) is 19.1. The number of carbonyl (C=O) groups excluding carboxylic acids is 2. The molecular weight excluding hydrogens is 422 g/mol. The van der Waals surface area contributed by atoms with E-state index < -0.39 is 10.0 Å². The molecule has 1 unspecified atom stereocenters. The minimum absolute atomic E-state index is 0.0695. The van der Waals surface area contributed by atoms with Crippen molar-refractivity contribution < 1.29 is 27.5 Å². The zero-order valence-electron chi connectivity index (χ0n) is 18.2. The van der Waals surface area contributed by atoms with Gasteiger partial charge in [0.05, 0.1) is 4.90 Å². The molecule has 0 saturated carbocycles. The fraction of sp³-hybridized carbons (Fsp3) is 0.619. The summed E-state index contributed by atoms with van der Waals surface area (Å²) < 4.78 is 38.2. The molecule has 174 valence electrons. The number of hydrogen-bond donors (Lipinski definition) is 3. The molecule has 0 saturated heterocycles. The highest BCUT2D eigenvalue weighted by Crippen LogP contribution is 2.32. The molecule has 1 aliphatic heterocycles. The maximum atomic E-state index is 12.4. The molecular formula is C21H33N3O6S. The van der Waals surface area contributed by atoms with Crippen LogP contribution in [0.3, 0.4) is 0 Å². The first-order valence-corrected chi connectivity index (χ1v) is 12.3. The lowest BCUT2D eigenvalue weighted by Gasteiger charge is -2.18. The molecule has 31 heavy (non-hydrogen) atoms. The lowest BCUT2D eigenvalue weighted by Crippen LogP contribution is -2.35. The number of nitrogens with one attached hydrogen (secondary N) is 3. The molecule has 9 nitrogen and oxygen atoms in total. The van der Waals surface area contributed by atoms with Crippen LogP contribution in [0.25, 0.3) is 0 Å². The third-order valence-electron chi connectivity index (χ3n) is 4.89. The molecule has 1 aromatic carbocycles. The van der Waals surface area contributed by atoms with Gasteiger partial charge >= 0.3 is 0 Å². The van der Waals surface area contributed by atoms with Crippen molar-refractivity contribution in [2.75, 3.05) is 26.3 Å². The Morgan fingerprint density at radius 2 is 1.74 bits per heavy atom. The summed E-state index contributed by atoms with van der Waals surface area (Å²) in [7, 11) is -3.63. The van der Waals surface area contributed by atoms with Crippen LogP contribution in [0.5, 0.6) is 11.5 Å². The van der Waals surface area contributed by atoms with Crippen LogP contribution in [0.15, 0.2) is 23.1 Å². The number of sulfonamides is 1. The molecule has 2 rings (SSSR count). The Bertz CT molecular complexity index is 844. The van der Waals surface area contributed by atoms with Crippen molar-refractivity contribution in [3.05, 3.63) is 18.2 Å². The van der Waals surface area contributed by atoms with Gasteiger partial charge in [-0.1, -0.05) is 13.3 Å². The summed E-state index contributed by atoms with van der Waals surface area (Å²) >= 11 is 0. The van der Waals surface area contributed by atoms with E-state index in [4.69, 9.17) is 9.47 Å². The standard InChI is InChI=1S/C21H33N3O6S/c1-3-16(2)24-21(26)10-12-22-20(25)7-5-4-6-11-23-31(27,28)17-8-9-18-19(15-17)30-14-13-29-18/h8-9,15-16,23H,3-7,10-14H2,1-2H3,(H,22,25)(H,24,26). The van der Waals surface area contributed by atoms with Crippen molar-refractivity contribution in [3.63, 3.8) is 0 Å². The smallest absolute Gasteiger partial charge is 0.240 e. The van der Waals surface area contributed by atoms with Gasteiger partial charge in [-0.05, 0) is 38.3 Å². The van der Waals surface area contributed by atoms with Crippen LogP contribution in [0.1, 0.15) is 52.4 Å². The van der Waals surface area contributed by atoms with Crippen LogP contribution in [0.2, 0.25) is 0 Å². The summed E-state index contributed by atoms with van der Waals surface area (Å²) in [4.78, 5) is 23.6. The van der Waals surface area contributed by atoms with Gasteiger partial charge in [-0.2, -0.15) is 0 Å². The van der Waals surface area contributed by atoms with Gasteiger partial charge in [0.15, 0.2) is 11.5 Å². The molecule has 0 aliphatic carbocycles. The summed E-state index contributed by atoms with van der Waals surface area (Å²) in [5.41, 5.74) is 0. The van der Waals surface area contributed by atoms with E-state index in [0.717, 1.165) is 6.42 Å². The van der Waals surface area contributed by atoms with Gasteiger partial charge < -0.3 is 20.1 Å². The number of carbonyl (C=O) groups is 2. The Labute approximate surface area is 184 Å². The molecule has 0 bridgehead atoms. The van der Waals surface area contributed by atoms with Crippen LogP contribution in [-0.4, -0.2) is 52.6 Å². The van der Waals surface area contributed by atoms with Crippen LogP contribution in [-0.2, 0) is 19.6 Å². The predicted molar refractivity (Wildman–Crippen MR) is 117 cm³/mol. The van der Waals surface area contributed by atoms with E-state index in [9.17, 15) is 18.0 Å². The summed E-state index contributed by atoms with van der Waals surface area (Å²) in [6.45, 7) is 5.37. The fourth-order valence-corrected chi connectivity index (χ4v) is 4.01. The number of rotatable bonds is 13. The highest BCUT2D eigenvalue weighted by molar-refractivity contribution is 7.89. The molecule has 0 aromatic heterocycles. The first kappa shape index (κ1) is 24.9. The second-order valence-corrected chi connectivity index (χ2v) is 9.26. The Morgan fingerprint density at radius 3 is 2.48 bits per heavy atom. The van der Waals surface area contributed by atoms with E-state index in [0.29, 0.717) is 56.9 Å². The minimum Gasteiger partial charge on any atom is -0.486 e. The molecule has 2 amide bonds. The van der Waals surface area contributed by atoms with E-state index in [-0.39, 0.29) is 35.7 Å². The van der Waals surface area contributed by atoms with Gasteiger partial charge in [-0.15, -0.1) is 0 Å². The number of hydrogen-bond acceptors (Lipinski definition) is 6.